The van der Waals surface area contributed by atoms with Gasteiger partial charge >= 0.3 is 0 Å². The summed E-state index contributed by atoms with van der Waals surface area (Å²) in [5.74, 6) is 0.937. The van der Waals surface area contributed by atoms with E-state index in [-0.39, 0.29) is 0 Å². The molecule has 0 N–H and O–H groups in total. The molecule has 9 aromatic rings. The van der Waals surface area contributed by atoms with Gasteiger partial charge in [-0.15, -0.1) is 0 Å². The SMILES string of the molecule is c1ccc(-c2ccc(-c3c4ccccc4c(-c4ccc(-n5c(-c6ccccc6)nc6ccccc65)cc4)c4ccccc34)cn2)cc1. The Morgan fingerprint density at radius 3 is 1.49 bits per heavy atom. The largest absolute Gasteiger partial charge is 0.292 e. The van der Waals surface area contributed by atoms with E-state index >= 15 is 0 Å². The van der Waals surface area contributed by atoms with Crippen molar-refractivity contribution in [2.45, 2.75) is 0 Å². The quantitative estimate of drug-likeness (QED) is 0.184. The molecule has 0 saturated heterocycles. The Morgan fingerprint density at radius 2 is 0.894 bits per heavy atom. The highest BCUT2D eigenvalue weighted by Gasteiger charge is 2.18. The lowest BCUT2D eigenvalue weighted by Gasteiger charge is -2.18. The van der Waals surface area contributed by atoms with Crippen molar-refractivity contribution in [1.82, 2.24) is 14.5 Å². The van der Waals surface area contributed by atoms with Crippen LogP contribution in [0.3, 0.4) is 0 Å². The highest BCUT2D eigenvalue weighted by Crippen LogP contribution is 2.44. The molecule has 3 nitrogen and oxygen atoms in total. The van der Waals surface area contributed by atoms with Gasteiger partial charge in [0.1, 0.15) is 5.82 Å². The molecule has 0 aliphatic rings. The summed E-state index contributed by atoms with van der Waals surface area (Å²) < 4.78 is 2.26. The highest BCUT2D eigenvalue weighted by molar-refractivity contribution is 6.21. The molecule has 0 aliphatic heterocycles. The smallest absolute Gasteiger partial charge is 0.145 e. The number of hydrogen-bond acceptors (Lipinski definition) is 2. The fraction of sp³-hybridized carbons (Fsp3) is 0. The molecule has 9 rings (SSSR count). The van der Waals surface area contributed by atoms with E-state index in [4.69, 9.17) is 9.97 Å². The van der Waals surface area contributed by atoms with Crippen LogP contribution >= 0.6 is 0 Å². The van der Waals surface area contributed by atoms with Gasteiger partial charge in [0.25, 0.3) is 0 Å². The van der Waals surface area contributed by atoms with Crippen molar-refractivity contribution in [3.63, 3.8) is 0 Å². The maximum Gasteiger partial charge on any atom is 0.145 e. The van der Waals surface area contributed by atoms with Crippen LogP contribution < -0.4 is 0 Å². The second-order valence-electron chi connectivity index (χ2n) is 11.8. The molecule has 0 radical (unpaired) electrons. The van der Waals surface area contributed by atoms with E-state index in [1.54, 1.807) is 0 Å². The van der Waals surface area contributed by atoms with E-state index in [0.29, 0.717) is 0 Å². The summed E-state index contributed by atoms with van der Waals surface area (Å²) in [6, 6.07) is 59.9. The summed E-state index contributed by atoms with van der Waals surface area (Å²) in [6.45, 7) is 0. The molecule has 2 aromatic heterocycles. The number of para-hydroxylation sites is 2. The fourth-order valence-corrected chi connectivity index (χ4v) is 6.92. The zero-order chi connectivity index (χ0) is 31.2. The molecule has 0 aliphatic carbocycles. The van der Waals surface area contributed by atoms with Gasteiger partial charge in [-0.25, -0.2) is 4.98 Å². The van der Waals surface area contributed by atoms with Gasteiger partial charge in [0.2, 0.25) is 0 Å². The van der Waals surface area contributed by atoms with Crippen LogP contribution in [-0.2, 0) is 0 Å². The van der Waals surface area contributed by atoms with Crippen LogP contribution in [0.4, 0.5) is 0 Å². The summed E-state index contributed by atoms with van der Waals surface area (Å²) in [4.78, 5) is 9.94. The van der Waals surface area contributed by atoms with Gasteiger partial charge in [0.15, 0.2) is 0 Å². The monoisotopic (exact) mass is 599 g/mol. The molecule has 0 spiro atoms. The first-order chi connectivity index (χ1) is 23.3. The van der Waals surface area contributed by atoms with E-state index in [2.05, 4.69) is 156 Å². The first-order valence-corrected chi connectivity index (χ1v) is 15.9. The van der Waals surface area contributed by atoms with Crippen LogP contribution in [-0.4, -0.2) is 14.5 Å². The molecule has 47 heavy (non-hydrogen) atoms. The Labute approximate surface area is 273 Å². The predicted octanol–water partition coefficient (Wildman–Crippen LogP) is 11.4. The van der Waals surface area contributed by atoms with Crippen molar-refractivity contribution in [3.05, 3.63) is 176 Å². The van der Waals surface area contributed by atoms with E-state index in [0.717, 1.165) is 44.9 Å². The number of hydrogen-bond donors (Lipinski definition) is 0. The standard InChI is InChI=1S/C44H29N3/c1-3-13-30(14-4-1)39-28-25-33(29-45-39)43-37-19-9-7-17-35(37)42(36-18-8-10-20-38(36)43)31-23-26-34(27-24-31)47-41-22-12-11-21-40(41)46-44(47)32-15-5-2-6-16-32/h1-29H. The molecular weight excluding hydrogens is 571 g/mol. The minimum Gasteiger partial charge on any atom is -0.292 e. The Balaban J connectivity index is 1.21. The van der Waals surface area contributed by atoms with Crippen LogP contribution in [0.15, 0.2) is 176 Å². The molecule has 7 aromatic carbocycles. The molecule has 0 unspecified atom stereocenters. The van der Waals surface area contributed by atoms with Crippen molar-refractivity contribution in [2.24, 2.45) is 0 Å². The van der Waals surface area contributed by atoms with Crippen LogP contribution in [0.1, 0.15) is 0 Å². The third kappa shape index (κ3) is 4.60. The average Bonchev–Trinajstić information content (AvgIpc) is 3.54. The Hall–Kier alpha value is -6.32. The normalized spacial score (nSPS) is 11.4. The number of nitrogens with zero attached hydrogens (tertiary/aromatic N) is 3. The predicted molar refractivity (Wildman–Crippen MR) is 196 cm³/mol. The maximum atomic E-state index is 5.04. The lowest BCUT2D eigenvalue weighted by atomic mass is 9.86. The van der Waals surface area contributed by atoms with Crippen molar-refractivity contribution in [3.8, 4) is 50.6 Å². The van der Waals surface area contributed by atoms with Gasteiger partial charge in [0.05, 0.1) is 16.7 Å². The van der Waals surface area contributed by atoms with Crippen molar-refractivity contribution in [2.75, 3.05) is 0 Å². The molecule has 220 valence electrons. The molecule has 3 heteroatoms. The van der Waals surface area contributed by atoms with Crippen molar-refractivity contribution >= 4 is 32.6 Å². The molecule has 2 heterocycles. The van der Waals surface area contributed by atoms with Crippen LogP contribution in [0.5, 0.6) is 0 Å². The minimum absolute atomic E-state index is 0.937. The average molecular weight is 600 g/mol. The molecular formula is C44H29N3. The molecule has 0 amide bonds. The second kappa shape index (κ2) is 11.2. The Morgan fingerprint density at radius 1 is 0.383 bits per heavy atom. The van der Waals surface area contributed by atoms with Crippen LogP contribution in [0.2, 0.25) is 0 Å². The van der Waals surface area contributed by atoms with Crippen LogP contribution in [0.25, 0.3) is 83.2 Å². The van der Waals surface area contributed by atoms with Gasteiger partial charge in [-0.2, -0.15) is 0 Å². The summed E-state index contributed by atoms with van der Waals surface area (Å²) in [7, 11) is 0. The lowest BCUT2D eigenvalue weighted by molar-refractivity contribution is 1.10. The summed E-state index contributed by atoms with van der Waals surface area (Å²) in [6.07, 6.45) is 2.02. The highest BCUT2D eigenvalue weighted by atomic mass is 15.1. The van der Waals surface area contributed by atoms with E-state index in [1.165, 1.54) is 38.2 Å². The second-order valence-corrected chi connectivity index (χ2v) is 11.8. The number of rotatable bonds is 5. The summed E-state index contributed by atoms with van der Waals surface area (Å²) >= 11 is 0. The van der Waals surface area contributed by atoms with E-state index in [1.807, 2.05) is 24.4 Å². The first kappa shape index (κ1) is 27.0. The molecule has 0 bridgehead atoms. The number of aromatic nitrogens is 3. The van der Waals surface area contributed by atoms with Crippen molar-refractivity contribution in [1.29, 1.82) is 0 Å². The van der Waals surface area contributed by atoms with E-state index in [9.17, 15) is 0 Å². The topological polar surface area (TPSA) is 30.7 Å². The number of imidazole rings is 1. The summed E-state index contributed by atoms with van der Waals surface area (Å²) in [5, 5.41) is 4.87. The van der Waals surface area contributed by atoms with Crippen molar-refractivity contribution < 1.29 is 0 Å². The Bertz CT molecular complexity index is 2470. The lowest BCUT2D eigenvalue weighted by Crippen LogP contribution is -1.98. The van der Waals surface area contributed by atoms with Gasteiger partial charge in [-0.05, 0) is 68.6 Å². The maximum absolute atomic E-state index is 5.04. The number of fused-ring (bicyclic) bond motifs is 3. The van der Waals surface area contributed by atoms with Crippen LogP contribution in [0, 0.1) is 0 Å². The molecule has 0 atom stereocenters. The van der Waals surface area contributed by atoms with Gasteiger partial charge in [-0.1, -0.05) is 140 Å². The Kier molecular flexibility index (Phi) is 6.46. The zero-order valence-corrected chi connectivity index (χ0v) is 25.6. The third-order valence-corrected chi connectivity index (χ3v) is 9.06. The number of benzene rings is 7. The first-order valence-electron chi connectivity index (χ1n) is 15.9. The third-order valence-electron chi connectivity index (χ3n) is 9.06. The molecule has 0 saturated carbocycles. The fourth-order valence-electron chi connectivity index (χ4n) is 6.92. The van der Waals surface area contributed by atoms with Gasteiger partial charge in [-0.3, -0.25) is 9.55 Å². The minimum atomic E-state index is 0.937. The molecule has 0 fully saturated rings. The zero-order valence-electron chi connectivity index (χ0n) is 25.6. The van der Waals surface area contributed by atoms with Gasteiger partial charge < -0.3 is 0 Å². The number of pyridine rings is 1. The summed E-state index contributed by atoms with van der Waals surface area (Å²) in [5.41, 5.74) is 11.1. The van der Waals surface area contributed by atoms with E-state index < -0.39 is 0 Å². The van der Waals surface area contributed by atoms with Gasteiger partial charge in [0, 0.05) is 28.6 Å².